The molecule has 4 rings (SSSR count). The van der Waals surface area contributed by atoms with Crippen molar-refractivity contribution in [2.24, 2.45) is 23.7 Å². The lowest BCUT2D eigenvalue weighted by atomic mass is 9.95. The minimum absolute atomic E-state index is 0.0603. The minimum atomic E-state index is -1.66. The zero-order chi connectivity index (χ0) is 69.0. The van der Waals surface area contributed by atoms with E-state index in [1.807, 2.05) is 27.7 Å². The van der Waals surface area contributed by atoms with E-state index < -0.39 is 162 Å². The molecule has 92 heavy (non-hydrogen) atoms. The van der Waals surface area contributed by atoms with Crippen molar-refractivity contribution in [3.63, 3.8) is 0 Å². The standard InChI is InChI=1S/C67H104N12O13/c1-17-42(8)55-66(91)77(15)52(36-47-29-23-19-24-30-47)62(87)69-48(35-46-27-21-18-22-28-46)60(85)68-43(9)58(83)70-50(65(90)79-31-25-20-26-32-79)37-53(81)74(12)38-54(82)76(14)51(34-40(4)5)61(86)71-49(33-39(2)3)64(89)78(16)57(41(6)7)63(88)73-56(45(11)80)67(92)75(13)44(10)59(84)72-55/h18-19,21-24,27-30,39-45,48-52,55-57,80H,17,20,25-26,31-38H2,1-16H3,(H,68,85)(H,69,87)(H,70,83)(H,71,86)(H,72,84)(H,73,88)/t42-,43-,44-,45+,48-,49-,50-,51-,52-,55-,56-,57-/m0/s1. The molecule has 0 bridgehead atoms. The highest BCUT2D eigenvalue weighted by atomic mass is 16.3. The summed E-state index contributed by atoms with van der Waals surface area (Å²) in [6, 6.07) is 4.10. The van der Waals surface area contributed by atoms with Crippen molar-refractivity contribution >= 4 is 70.9 Å². The normalized spacial score (nSPS) is 26.2. The number of carbonyl (C=O) groups excluding carboxylic acids is 12. The molecular formula is C67H104N12O13. The van der Waals surface area contributed by atoms with Gasteiger partial charge in [0.2, 0.25) is 70.9 Å². The molecule has 0 saturated carbocycles. The molecule has 2 aromatic rings. The highest BCUT2D eigenvalue weighted by Crippen LogP contribution is 2.21. The van der Waals surface area contributed by atoms with Crippen molar-refractivity contribution in [2.45, 2.75) is 200 Å². The maximum Gasteiger partial charge on any atom is 0.248 e. The van der Waals surface area contributed by atoms with Crippen molar-refractivity contribution in [3.8, 4) is 0 Å². The van der Waals surface area contributed by atoms with E-state index in [0.29, 0.717) is 43.5 Å². The Kier molecular flexibility index (Phi) is 29.7. The van der Waals surface area contributed by atoms with Gasteiger partial charge in [-0.15, -0.1) is 0 Å². The summed E-state index contributed by atoms with van der Waals surface area (Å²) in [5, 5.41) is 27.7. The van der Waals surface area contributed by atoms with E-state index in [4.69, 9.17) is 0 Å². The van der Waals surface area contributed by atoms with Gasteiger partial charge in [0, 0.05) is 61.2 Å². The third-order valence-corrected chi connectivity index (χ3v) is 17.5. The number of nitrogens with one attached hydrogen (secondary N) is 6. The molecule has 510 valence electrons. The quantitative estimate of drug-likeness (QED) is 0.151. The van der Waals surface area contributed by atoms with Gasteiger partial charge in [-0.05, 0) is 87.7 Å². The van der Waals surface area contributed by atoms with Crippen LogP contribution in [0.5, 0.6) is 0 Å². The molecule has 0 spiro atoms. The smallest absolute Gasteiger partial charge is 0.248 e. The SMILES string of the molecule is CC[C@H](C)[C@@H]1NC(=O)[C@H](C)N(C)C(=O)[C@H]([C@@H](C)O)NC(=O)[C@H](C(C)C)N(C)C(=O)[C@H](CC(C)C)NC(=O)[C@H](CC(C)C)N(C)C(=O)CN(C)C(=O)C[C@@H](C(=O)N2CCCCC2)NC(=O)[C@H](C)NC(=O)[C@H](Cc2ccccc2)NC(=O)[C@H](Cc2ccccc2)N(C)C1=O. The van der Waals surface area contributed by atoms with Gasteiger partial charge < -0.3 is 66.4 Å². The van der Waals surface area contributed by atoms with E-state index in [-0.39, 0.29) is 37.5 Å². The lowest BCUT2D eigenvalue weighted by Crippen LogP contribution is -2.63. The molecule has 12 amide bonds. The molecule has 2 aliphatic heterocycles. The molecule has 2 heterocycles. The number of hydrogen-bond acceptors (Lipinski definition) is 13. The summed E-state index contributed by atoms with van der Waals surface area (Å²) in [6.45, 7) is 18.5. The molecule has 2 aromatic carbocycles. The summed E-state index contributed by atoms with van der Waals surface area (Å²) in [6.07, 6.45) is 0.537. The topological polar surface area (TPSA) is 317 Å². The molecule has 2 saturated heterocycles. The van der Waals surface area contributed by atoms with Crippen LogP contribution in [0.15, 0.2) is 60.7 Å². The van der Waals surface area contributed by atoms with Crippen molar-refractivity contribution in [1.29, 1.82) is 0 Å². The number of amides is 12. The van der Waals surface area contributed by atoms with Gasteiger partial charge in [-0.2, -0.15) is 0 Å². The highest BCUT2D eigenvalue weighted by molar-refractivity contribution is 6.00. The number of likely N-dealkylation sites (N-methyl/N-ethyl adjacent to an activating group) is 5. The van der Waals surface area contributed by atoms with E-state index in [1.54, 1.807) is 93.3 Å². The molecule has 25 nitrogen and oxygen atoms in total. The van der Waals surface area contributed by atoms with Crippen LogP contribution in [0.3, 0.4) is 0 Å². The molecule has 25 heteroatoms. The van der Waals surface area contributed by atoms with E-state index in [2.05, 4.69) is 31.9 Å². The van der Waals surface area contributed by atoms with Crippen molar-refractivity contribution in [1.82, 2.24) is 61.3 Å². The molecule has 0 unspecified atom stereocenters. The van der Waals surface area contributed by atoms with Crippen LogP contribution in [-0.2, 0) is 70.4 Å². The number of aliphatic hydroxyl groups is 1. The molecule has 2 fully saturated rings. The molecule has 0 aromatic heterocycles. The first-order chi connectivity index (χ1) is 43.2. The van der Waals surface area contributed by atoms with Crippen LogP contribution in [0.4, 0.5) is 0 Å². The van der Waals surface area contributed by atoms with Gasteiger partial charge in [-0.3, -0.25) is 57.5 Å². The molecule has 2 aliphatic rings. The predicted octanol–water partition coefficient (Wildman–Crippen LogP) is 1.78. The number of aliphatic hydroxyl groups excluding tert-OH is 1. The average molecular weight is 1290 g/mol. The van der Waals surface area contributed by atoms with Gasteiger partial charge in [0.25, 0.3) is 0 Å². The monoisotopic (exact) mass is 1280 g/mol. The van der Waals surface area contributed by atoms with Crippen LogP contribution in [-0.4, -0.2) is 227 Å². The summed E-state index contributed by atoms with van der Waals surface area (Å²) in [4.78, 5) is 182. The first-order valence-electron chi connectivity index (χ1n) is 32.4. The van der Waals surface area contributed by atoms with Gasteiger partial charge in [0.15, 0.2) is 0 Å². The van der Waals surface area contributed by atoms with E-state index in [1.165, 1.54) is 65.8 Å². The third-order valence-electron chi connectivity index (χ3n) is 17.5. The molecule has 12 atom stereocenters. The number of likely N-dealkylation sites (tertiary alicyclic amines) is 1. The summed E-state index contributed by atoms with van der Waals surface area (Å²) in [7, 11) is 6.83. The van der Waals surface area contributed by atoms with Gasteiger partial charge >= 0.3 is 0 Å². The Balaban J connectivity index is 1.88. The number of nitrogens with zero attached hydrogens (tertiary/aromatic N) is 6. The largest absolute Gasteiger partial charge is 0.391 e. The second-order valence-electron chi connectivity index (χ2n) is 26.2. The van der Waals surface area contributed by atoms with E-state index >= 15 is 9.59 Å². The predicted molar refractivity (Wildman–Crippen MR) is 347 cm³/mol. The summed E-state index contributed by atoms with van der Waals surface area (Å²) in [5.74, 6) is -10.4. The fourth-order valence-corrected chi connectivity index (χ4v) is 11.4. The van der Waals surface area contributed by atoms with Gasteiger partial charge in [-0.25, -0.2) is 0 Å². The molecule has 0 aliphatic carbocycles. The fourth-order valence-electron chi connectivity index (χ4n) is 11.4. The first kappa shape index (κ1) is 76.5. The average Bonchev–Trinajstić information content (AvgIpc) is 0.878. The maximum atomic E-state index is 15.0. The van der Waals surface area contributed by atoms with Crippen molar-refractivity contribution < 1.29 is 62.6 Å². The number of rotatable bonds is 13. The lowest BCUT2D eigenvalue weighted by molar-refractivity contribution is -0.148. The molecule has 0 radical (unpaired) electrons. The van der Waals surface area contributed by atoms with Crippen molar-refractivity contribution in [3.05, 3.63) is 71.8 Å². The Hall–Kier alpha value is -7.96. The Morgan fingerprint density at radius 3 is 1.58 bits per heavy atom. The number of benzene rings is 2. The first-order valence-corrected chi connectivity index (χ1v) is 32.4. The Morgan fingerprint density at radius 2 is 1.04 bits per heavy atom. The Bertz CT molecular complexity index is 2870. The zero-order valence-electron chi connectivity index (χ0n) is 56.9. The number of piperidine rings is 1. The summed E-state index contributed by atoms with van der Waals surface area (Å²) < 4.78 is 0. The third kappa shape index (κ3) is 21.6. The summed E-state index contributed by atoms with van der Waals surface area (Å²) >= 11 is 0. The van der Waals surface area contributed by atoms with Gasteiger partial charge in [0.1, 0.15) is 60.4 Å². The fraction of sp³-hybridized carbons (Fsp3) is 0.642. The minimum Gasteiger partial charge on any atom is -0.391 e. The van der Waals surface area contributed by atoms with Crippen LogP contribution in [0.25, 0.3) is 0 Å². The van der Waals surface area contributed by atoms with Crippen LogP contribution in [0.2, 0.25) is 0 Å². The summed E-state index contributed by atoms with van der Waals surface area (Å²) in [5.41, 5.74) is 1.27. The van der Waals surface area contributed by atoms with Crippen LogP contribution < -0.4 is 31.9 Å². The van der Waals surface area contributed by atoms with Crippen LogP contribution >= 0.6 is 0 Å². The lowest BCUT2D eigenvalue weighted by Gasteiger charge is -2.37. The Morgan fingerprint density at radius 1 is 0.522 bits per heavy atom. The molecular weight excluding hydrogens is 1180 g/mol. The second-order valence-corrected chi connectivity index (χ2v) is 26.2. The van der Waals surface area contributed by atoms with Crippen LogP contribution in [0, 0.1) is 23.7 Å². The zero-order valence-corrected chi connectivity index (χ0v) is 56.9. The van der Waals surface area contributed by atoms with Crippen molar-refractivity contribution in [2.75, 3.05) is 54.9 Å². The highest BCUT2D eigenvalue weighted by Gasteiger charge is 2.43. The van der Waals surface area contributed by atoms with E-state index in [9.17, 15) is 53.1 Å². The van der Waals surface area contributed by atoms with E-state index in [0.717, 1.165) is 21.1 Å². The van der Waals surface area contributed by atoms with Gasteiger partial charge in [-0.1, -0.05) is 122 Å². The second kappa shape index (κ2) is 35.7. The van der Waals surface area contributed by atoms with Gasteiger partial charge in [0.05, 0.1) is 19.1 Å². The molecule has 7 N–H and O–H groups in total. The maximum absolute atomic E-state index is 15.0. The number of hydrogen-bond donors (Lipinski definition) is 7. The Labute approximate surface area is 543 Å². The van der Waals surface area contributed by atoms with Crippen LogP contribution in [0.1, 0.15) is 132 Å². The number of carbonyl (C=O) groups is 12.